The van der Waals surface area contributed by atoms with Crippen molar-refractivity contribution in [1.29, 1.82) is 0 Å². The summed E-state index contributed by atoms with van der Waals surface area (Å²) >= 11 is 0. The Morgan fingerprint density at radius 3 is 1.82 bits per heavy atom. The number of amides is 4. The molecule has 1 aromatic carbocycles. The minimum Gasteiger partial charge on any atom is -0.480 e. The van der Waals surface area contributed by atoms with E-state index in [4.69, 9.17) is 10.2 Å². The molecule has 0 aliphatic heterocycles. The third-order valence-electron chi connectivity index (χ3n) is 4.09. The highest BCUT2D eigenvalue weighted by Crippen LogP contribution is 2.08. The number of carbonyl (C=O) groups is 5. The van der Waals surface area contributed by atoms with Crippen LogP contribution in [-0.2, 0) is 29.2 Å². The SMILES string of the molecule is CC(C)CC(NC(=O)CNC(=O)CNC(=O)CNC(=O)c1ccc(S(N)(=O)=O)cc1)C(=O)O. The largest absolute Gasteiger partial charge is 0.480 e. The van der Waals surface area contributed by atoms with Gasteiger partial charge in [0.15, 0.2) is 0 Å². The van der Waals surface area contributed by atoms with Crippen molar-refractivity contribution in [2.45, 2.75) is 31.2 Å². The van der Waals surface area contributed by atoms with Gasteiger partial charge in [0.25, 0.3) is 5.91 Å². The molecule has 0 aliphatic carbocycles. The lowest BCUT2D eigenvalue weighted by molar-refractivity contribution is -0.142. The molecule has 0 heterocycles. The third-order valence-corrected chi connectivity index (χ3v) is 5.02. The standard InChI is InChI=1S/C19H27N5O8S/c1-11(2)7-14(19(29)30)24-17(27)10-22-15(25)8-21-16(26)9-23-18(28)12-3-5-13(6-4-12)33(20,31)32/h3-6,11,14H,7-10H2,1-2H3,(H,21,26)(H,22,25)(H,23,28)(H,24,27)(H,29,30)(H2,20,31,32). The summed E-state index contributed by atoms with van der Waals surface area (Å²) in [6, 6.07) is 3.66. The molecule has 0 fully saturated rings. The normalized spacial score (nSPS) is 11.9. The van der Waals surface area contributed by atoms with E-state index in [0.717, 1.165) is 12.1 Å². The van der Waals surface area contributed by atoms with E-state index in [0.29, 0.717) is 0 Å². The number of carboxylic acids is 1. The number of nitrogens with one attached hydrogen (secondary N) is 4. The molecule has 0 bridgehead atoms. The maximum absolute atomic E-state index is 12.0. The van der Waals surface area contributed by atoms with E-state index in [2.05, 4.69) is 21.3 Å². The maximum Gasteiger partial charge on any atom is 0.326 e. The van der Waals surface area contributed by atoms with Gasteiger partial charge in [0.2, 0.25) is 27.7 Å². The summed E-state index contributed by atoms with van der Waals surface area (Å²) in [5, 5.41) is 23.1. The summed E-state index contributed by atoms with van der Waals surface area (Å²) in [5.41, 5.74) is 0.0936. The van der Waals surface area contributed by atoms with Gasteiger partial charge < -0.3 is 26.4 Å². The monoisotopic (exact) mass is 485 g/mol. The first-order valence-electron chi connectivity index (χ1n) is 9.76. The van der Waals surface area contributed by atoms with Crippen LogP contribution < -0.4 is 26.4 Å². The number of hydrogen-bond acceptors (Lipinski definition) is 7. The van der Waals surface area contributed by atoms with Crippen LogP contribution in [0.15, 0.2) is 29.2 Å². The van der Waals surface area contributed by atoms with Gasteiger partial charge in [0, 0.05) is 5.56 Å². The van der Waals surface area contributed by atoms with E-state index >= 15 is 0 Å². The molecule has 0 radical (unpaired) electrons. The topological polar surface area (TPSA) is 214 Å². The molecule has 13 nitrogen and oxygen atoms in total. The molecule has 1 rings (SSSR count). The molecule has 14 heteroatoms. The molecular formula is C19H27N5O8S. The summed E-state index contributed by atoms with van der Waals surface area (Å²) in [5.74, 6) is -3.87. The van der Waals surface area contributed by atoms with Crippen LogP contribution in [0.25, 0.3) is 0 Å². The van der Waals surface area contributed by atoms with Crippen molar-refractivity contribution >= 4 is 39.6 Å². The highest BCUT2D eigenvalue weighted by Gasteiger charge is 2.21. The summed E-state index contributed by atoms with van der Waals surface area (Å²) in [6.07, 6.45) is 0.229. The van der Waals surface area contributed by atoms with E-state index in [1.54, 1.807) is 13.8 Å². The second-order valence-electron chi connectivity index (χ2n) is 7.39. The molecule has 1 aromatic rings. The van der Waals surface area contributed by atoms with Crippen molar-refractivity contribution in [3.05, 3.63) is 29.8 Å². The molecule has 0 aromatic heterocycles. The van der Waals surface area contributed by atoms with Crippen molar-refractivity contribution in [1.82, 2.24) is 21.3 Å². The average Bonchev–Trinajstić information content (AvgIpc) is 2.73. The molecule has 1 unspecified atom stereocenters. The first-order chi connectivity index (χ1) is 15.3. The molecule has 7 N–H and O–H groups in total. The van der Waals surface area contributed by atoms with Crippen molar-refractivity contribution in [3.8, 4) is 0 Å². The minimum absolute atomic E-state index is 0.0399. The van der Waals surface area contributed by atoms with Gasteiger partial charge in [-0.2, -0.15) is 0 Å². The zero-order chi connectivity index (χ0) is 25.2. The Morgan fingerprint density at radius 1 is 0.879 bits per heavy atom. The average molecular weight is 486 g/mol. The van der Waals surface area contributed by atoms with Crippen LogP contribution in [-0.4, -0.2) is 68.8 Å². The molecular weight excluding hydrogens is 458 g/mol. The summed E-state index contributed by atoms with van der Waals surface area (Å²) in [4.78, 5) is 58.3. The minimum atomic E-state index is -3.90. The predicted molar refractivity (Wildman–Crippen MR) is 115 cm³/mol. The number of primary sulfonamides is 1. The van der Waals surface area contributed by atoms with Gasteiger partial charge >= 0.3 is 5.97 Å². The van der Waals surface area contributed by atoms with Gasteiger partial charge in [-0.25, -0.2) is 18.4 Å². The Labute approximate surface area is 190 Å². The number of sulfonamides is 1. The fourth-order valence-electron chi connectivity index (χ4n) is 2.48. The lowest BCUT2D eigenvalue weighted by atomic mass is 10.0. The number of hydrogen-bond donors (Lipinski definition) is 6. The smallest absolute Gasteiger partial charge is 0.326 e. The van der Waals surface area contributed by atoms with Crippen molar-refractivity contribution in [2.24, 2.45) is 11.1 Å². The maximum atomic E-state index is 12.0. The number of nitrogens with two attached hydrogens (primary N) is 1. The van der Waals surface area contributed by atoms with Crippen LogP contribution in [0.4, 0.5) is 0 Å². The van der Waals surface area contributed by atoms with E-state index in [9.17, 15) is 32.4 Å². The van der Waals surface area contributed by atoms with Crippen molar-refractivity contribution in [3.63, 3.8) is 0 Å². The molecule has 0 saturated carbocycles. The van der Waals surface area contributed by atoms with Gasteiger partial charge in [-0.1, -0.05) is 13.8 Å². The molecule has 182 valence electrons. The second kappa shape index (κ2) is 12.5. The van der Waals surface area contributed by atoms with Crippen LogP contribution in [0.2, 0.25) is 0 Å². The molecule has 33 heavy (non-hydrogen) atoms. The number of benzene rings is 1. The predicted octanol–water partition coefficient (Wildman–Crippen LogP) is -2.09. The van der Waals surface area contributed by atoms with E-state index < -0.39 is 65.3 Å². The zero-order valence-corrected chi connectivity index (χ0v) is 18.9. The van der Waals surface area contributed by atoms with E-state index in [1.165, 1.54) is 12.1 Å². The Bertz CT molecular complexity index is 992. The summed E-state index contributed by atoms with van der Waals surface area (Å²) < 4.78 is 22.4. The number of carbonyl (C=O) groups excluding carboxylic acids is 4. The fraction of sp³-hybridized carbons (Fsp3) is 0.421. The molecule has 4 amide bonds. The Kier molecular flexibility index (Phi) is 10.4. The Hall–Kier alpha value is -3.52. The highest BCUT2D eigenvalue weighted by molar-refractivity contribution is 7.89. The molecule has 1 atom stereocenters. The van der Waals surface area contributed by atoms with Crippen LogP contribution >= 0.6 is 0 Å². The molecule has 0 saturated heterocycles. The third kappa shape index (κ3) is 10.6. The van der Waals surface area contributed by atoms with Crippen molar-refractivity contribution in [2.75, 3.05) is 19.6 Å². The van der Waals surface area contributed by atoms with Crippen LogP contribution in [0.1, 0.15) is 30.6 Å². The molecule has 0 aliphatic rings. The fourth-order valence-corrected chi connectivity index (χ4v) is 3.00. The van der Waals surface area contributed by atoms with Gasteiger partial charge in [0.1, 0.15) is 6.04 Å². The lowest BCUT2D eigenvalue weighted by Crippen LogP contribution is -2.48. The van der Waals surface area contributed by atoms with Crippen LogP contribution in [0, 0.1) is 5.92 Å². The van der Waals surface area contributed by atoms with E-state index in [1.807, 2.05) is 0 Å². The quantitative estimate of drug-likeness (QED) is 0.193. The van der Waals surface area contributed by atoms with Crippen LogP contribution in [0.3, 0.4) is 0 Å². The Morgan fingerprint density at radius 2 is 1.36 bits per heavy atom. The number of rotatable bonds is 12. The summed E-state index contributed by atoms with van der Waals surface area (Å²) in [6.45, 7) is 2.21. The first-order valence-corrected chi connectivity index (χ1v) is 11.3. The first kappa shape index (κ1) is 27.5. The second-order valence-corrected chi connectivity index (χ2v) is 8.95. The molecule has 0 spiro atoms. The van der Waals surface area contributed by atoms with Gasteiger partial charge in [-0.05, 0) is 36.6 Å². The lowest BCUT2D eigenvalue weighted by Gasteiger charge is -2.16. The number of aliphatic carboxylic acids is 1. The number of carboxylic acid groups (broad SMARTS) is 1. The van der Waals surface area contributed by atoms with Gasteiger partial charge in [-0.3, -0.25) is 19.2 Å². The summed E-state index contributed by atoms with van der Waals surface area (Å²) in [7, 11) is -3.90. The Balaban J connectivity index is 2.36. The van der Waals surface area contributed by atoms with E-state index in [-0.39, 0.29) is 22.8 Å². The van der Waals surface area contributed by atoms with Gasteiger partial charge in [0.05, 0.1) is 24.5 Å². The van der Waals surface area contributed by atoms with Gasteiger partial charge in [-0.15, -0.1) is 0 Å². The van der Waals surface area contributed by atoms with Crippen LogP contribution in [0.5, 0.6) is 0 Å². The van der Waals surface area contributed by atoms with Crippen molar-refractivity contribution < 1.29 is 37.5 Å². The zero-order valence-electron chi connectivity index (χ0n) is 18.1. The highest BCUT2D eigenvalue weighted by atomic mass is 32.2.